The van der Waals surface area contributed by atoms with Crippen molar-refractivity contribution in [2.24, 2.45) is 0 Å². The van der Waals surface area contributed by atoms with Crippen molar-refractivity contribution < 1.29 is 44.7 Å². The van der Waals surface area contributed by atoms with Crippen LogP contribution in [0.15, 0.2) is 66.7 Å². The highest BCUT2D eigenvalue weighted by Crippen LogP contribution is 2.42. The second-order valence-electron chi connectivity index (χ2n) is 8.30. The number of ketones is 4. The number of phenols is 5. The number of rotatable bonds is 0. The Kier molecular flexibility index (Phi) is 5.26. The van der Waals surface area contributed by atoms with E-state index in [1.807, 2.05) is 0 Å². The molecule has 0 atom stereocenters. The summed E-state index contributed by atoms with van der Waals surface area (Å²) in [4.78, 5) is 48.9. The molecular weight excluding hydrogens is 480 g/mol. The Morgan fingerprint density at radius 3 is 1.51 bits per heavy atom. The minimum absolute atomic E-state index is 0.00992. The molecule has 6 rings (SSSR count). The molecule has 0 radical (unpaired) electrons. The summed E-state index contributed by atoms with van der Waals surface area (Å²) in [6.45, 7) is 0. The fourth-order valence-corrected chi connectivity index (χ4v) is 4.39. The fraction of sp³-hybridized carbons (Fsp3) is 0. The molecule has 0 spiro atoms. The lowest BCUT2D eigenvalue weighted by Crippen LogP contribution is -2.21. The zero-order valence-electron chi connectivity index (χ0n) is 18.7. The van der Waals surface area contributed by atoms with Gasteiger partial charge in [-0.15, -0.1) is 0 Å². The lowest BCUT2D eigenvalue weighted by Gasteiger charge is -2.20. The van der Waals surface area contributed by atoms with Crippen molar-refractivity contribution >= 4 is 23.1 Å². The number of carbonyl (C=O) groups excluding carboxylic acids is 4. The summed E-state index contributed by atoms with van der Waals surface area (Å²) >= 11 is 0. The molecule has 37 heavy (non-hydrogen) atoms. The SMILES string of the molecule is O=C1c2ccc(O)c(O)c2C(=O)c2c(O)ccc(O)c21.O=C1c2ccccc2C(=O)c2cc(O)ccc21. The largest absolute Gasteiger partial charge is 0.508 e. The van der Waals surface area contributed by atoms with Crippen LogP contribution in [0.2, 0.25) is 0 Å². The molecule has 4 aromatic rings. The van der Waals surface area contributed by atoms with Crippen molar-refractivity contribution in [3.63, 3.8) is 0 Å². The van der Waals surface area contributed by atoms with E-state index >= 15 is 0 Å². The lowest BCUT2D eigenvalue weighted by molar-refractivity contribution is 0.0971. The third-order valence-electron chi connectivity index (χ3n) is 6.15. The number of hydrogen-bond acceptors (Lipinski definition) is 9. The van der Waals surface area contributed by atoms with Crippen LogP contribution in [-0.4, -0.2) is 48.7 Å². The van der Waals surface area contributed by atoms with Gasteiger partial charge >= 0.3 is 0 Å². The van der Waals surface area contributed by atoms with E-state index in [2.05, 4.69) is 0 Å². The van der Waals surface area contributed by atoms with Crippen LogP contribution in [0.1, 0.15) is 63.7 Å². The summed E-state index contributed by atoms with van der Waals surface area (Å²) in [5.74, 6) is -4.14. The van der Waals surface area contributed by atoms with E-state index in [-0.39, 0.29) is 45.1 Å². The van der Waals surface area contributed by atoms with Crippen molar-refractivity contribution in [2.45, 2.75) is 0 Å². The predicted molar refractivity (Wildman–Crippen MR) is 128 cm³/mol. The molecule has 0 fully saturated rings. The minimum atomic E-state index is -0.837. The molecule has 0 saturated heterocycles. The van der Waals surface area contributed by atoms with E-state index in [9.17, 15) is 44.7 Å². The minimum Gasteiger partial charge on any atom is -0.508 e. The van der Waals surface area contributed by atoms with E-state index in [0.29, 0.717) is 16.7 Å². The third kappa shape index (κ3) is 3.49. The van der Waals surface area contributed by atoms with Crippen molar-refractivity contribution in [1.29, 1.82) is 0 Å². The molecular formula is C28H16O9. The average molecular weight is 496 g/mol. The molecule has 0 saturated carbocycles. The van der Waals surface area contributed by atoms with E-state index < -0.39 is 34.6 Å². The summed E-state index contributed by atoms with van der Waals surface area (Å²) in [5.41, 5.74) is 0.226. The highest BCUT2D eigenvalue weighted by atomic mass is 16.3. The summed E-state index contributed by atoms with van der Waals surface area (Å²) in [7, 11) is 0. The fourth-order valence-electron chi connectivity index (χ4n) is 4.39. The van der Waals surface area contributed by atoms with Crippen molar-refractivity contribution in [3.8, 4) is 28.7 Å². The molecule has 9 heteroatoms. The molecule has 5 N–H and O–H groups in total. The molecule has 0 aliphatic heterocycles. The number of hydrogen-bond donors (Lipinski definition) is 5. The third-order valence-corrected chi connectivity index (χ3v) is 6.15. The molecule has 4 aromatic carbocycles. The van der Waals surface area contributed by atoms with Crippen LogP contribution in [0.25, 0.3) is 0 Å². The Labute approximate surface area is 208 Å². The molecule has 0 amide bonds. The van der Waals surface area contributed by atoms with E-state index in [1.165, 1.54) is 24.3 Å². The molecule has 2 aliphatic rings. The number of benzene rings is 4. The van der Waals surface area contributed by atoms with Gasteiger partial charge in [0, 0.05) is 27.8 Å². The standard InChI is InChI=1S/C14H8O6.C14H8O3/c15-6-3-4-7(16)11-10(6)12(18)5-1-2-8(17)13(19)9(5)14(11)20;15-8-5-6-11-12(7-8)14(17)10-4-2-1-3-9(10)13(11)16/h1-4,15-17,19H;1-7,15H. The number of fused-ring (bicyclic) bond motifs is 4. The first-order valence-corrected chi connectivity index (χ1v) is 10.8. The zero-order valence-corrected chi connectivity index (χ0v) is 18.7. The van der Waals surface area contributed by atoms with Gasteiger partial charge < -0.3 is 25.5 Å². The summed E-state index contributed by atoms with van der Waals surface area (Å²) in [5, 5.41) is 48.0. The number of aromatic hydroxyl groups is 5. The van der Waals surface area contributed by atoms with Gasteiger partial charge in [0.25, 0.3) is 0 Å². The van der Waals surface area contributed by atoms with Crippen molar-refractivity contribution in [2.75, 3.05) is 0 Å². The second-order valence-corrected chi connectivity index (χ2v) is 8.30. The Morgan fingerprint density at radius 1 is 0.405 bits per heavy atom. The monoisotopic (exact) mass is 496 g/mol. The molecule has 0 heterocycles. The molecule has 182 valence electrons. The maximum absolute atomic E-state index is 12.3. The second kappa shape index (κ2) is 8.35. The van der Waals surface area contributed by atoms with Crippen LogP contribution in [0.5, 0.6) is 28.7 Å². The molecule has 2 aliphatic carbocycles. The van der Waals surface area contributed by atoms with Gasteiger partial charge in [0.1, 0.15) is 17.2 Å². The first kappa shape index (κ1) is 23.3. The lowest BCUT2D eigenvalue weighted by atomic mass is 9.82. The quantitative estimate of drug-likeness (QED) is 0.156. The zero-order chi connectivity index (χ0) is 26.6. The smallest absolute Gasteiger partial charge is 0.202 e. The van der Waals surface area contributed by atoms with Crippen molar-refractivity contribution in [1.82, 2.24) is 0 Å². The van der Waals surface area contributed by atoms with Crippen LogP contribution in [0.4, 0.5) is 0 Å². The van der Waals surface area contributed by atoms with E-state index in [4.69, 9.17) is 0 Å². The summed E-state index contributed by atoms with van der Waals surface area (Å²) in [6.07, 6.45) is 0. The molecule has 0 bridgehead atoms. The van der Waals surface area contributed by atoms with Crippen LogP contribution in [0.3, 0.4) is 0 Å². The van der Waals surface area contributed by atoms with Crippen molar-refractivity contribution in [3.05, 3.63) is 111 Å². The van der Waals surface area contributed by atoms with Gasteiger partial charge in [-0.2, -0.15) is 0 Å². The number of phenolic OH excluding ortho intramolecular Hbond substituents is 5. The van der Waals surface area contributed by atoms with Crippen LogP contribution in [-0.2, 0) is 0 Å². The predicted octanol–water partition coefficient (Wildman–Crippen LogP) is 3.45. The highest BCUT2D eigenvalue weighted by molar-refractivity contribution is 6.31. The van der Waals surface area contributed by atoms with Gasteiger partial charge in [0.05, 0.1) is 16.7 Å². The van der Waals surface area contributed by atoms with Crippen LogP contribution in [0, 0.1) is 0 Å². The first-order chi connectivity index (χ1) is 17.6. The average Bonchev–Trinajstić information content (AvgIpc) is 2.89. The Bertz CT molecular complexity index is 1690. The van der Waals surface area contributed by atoms with E-state index in [0.717, 1.165) is 18.2 Å². The van der Waals surface area contributed by atoms with Crippen LogP contribution >= 0.6 is 0 Å². The Hall–Kier alpha value is -5.44. The van der Waals surface area contributed by atoms with Gasteiger partial charge in [-0.3, -0.25) is 19.2 Å². The van der Waals surface area contributed by atoms with Gasteiger partial charge in [-0.25, -0.2) is 0 Å². The summed E-state index contributed by atoms with van der Waals surface area (Å²) < 4.78 is 0. The van der Waals surface area contributed by atoms with Gasteiger partial charge in [-0.1, -0.05) is 24.3 Å². The maximum Gasteiger partial charge on any atom is 0.202 e. The van der Waals surface area contributed by atoms with E-state index in [1.54, 1.807) is 24.3 Å². The topological polar surface area (TPSA) is 169 Å². The highest BCUT2D eigenvalue weighted by Gasteiger charge is 2.37. The van der Waals surface area contributed by atoms with Gasteiger partial charge in [0.2, 0.25) is 5.78 Å². The number of carbonyl (C=O) groups is 4. The van der Waals surface area contributed by atoms with Gasteiger partial charge in [0.15, 0.2) is 28.8 Å². The van der Waals surface area contributed by atoms with Gasteiger partial charge in [-0.05, 0) is 42.5 Å². The van der Waals surface area contributed by atoms with Crippen LogP contribution < -0.4 is 0 Å². The molecule has 9 nitrogen and oxygen atoms in total. The molecule has 0 unspecified atom stereocenters. The molecule has 0 aromatic heterocycles. The Balaban J connectivity index is 0.000000153. The first-order valence-electron chi connectivity index (χ1n) is 10.8. The summed E-state index contributed by atoms with van der Waals surface area (Å²) in [6, 6.07) is 15.4. The normalized spacial score (nSPS) is 13.1. The maximum atomic E-state index is 12.3. The Morgan fingerprint density at radius 2 is 0.892 bits per heavy atom.